The molecule has 0 aliphatic carbocycles. The number of halogens is 3. The van der Waals surface area contributed by atoms with Gasteiger partial charge in [-0.1, -0.05) is 17.7 Å². The highest BCUT2D eigenvalue weighted by molar-refractivity contribution is 6.21. The first kappa shape index (κ1) is 20.4. The zero-order chi connectivity index (χ0) is 21.2. The van der Waals surface area contributed by atoms with Crippen LogP contribution >= 0.6 is 0 Å². The maximum Gasteiger partial charge on any atom is 0.573 e. The zero-order valence-electron chi connectivity index (χ0n) is 15.4. The van der Waals surface area contributed by atoms with Crippen LogP contribution in [0.25, 0.3) is 0 Å². The smallest absolute Gasteiger partial charge is 0.406 e. The van der Waals surface area contributed by atoms with E-state index >= 15 is 0 Å². The summed E-state index contributed by atoms with van der Waals surface area (Å²) >= 11 is 0. The molecule has 9 heteroatoms. The molecule has 0 saturated carbocycles. The predicted octanol–water partition coefficient (Wildman–Crippen LogP) is 3.91. The lowest BCUT2D eigenvalue weighted by Crippen LogP contribution is -2.31. The summed E-state index contributed by atoms with van der Waals surface area (Å²) in [4.78, 5) is 37.9. The van der Waals surface area contributed by atoms with Crippen molar-refractivity contribution in [3.8, 4) is 5.75 Å². The molecule has 1 aliphatic rings. The molecule has 2 aromatic carbocycles. The van der Waals surface area contributed by atoms with Crippen molar-refractivity contribution in [3.05, 3.63) is 59.2 Å². The standard InChI is InChI=1S/C20H17F3N2O4/c1-12-7-8-15-16(10-12)19(28)25(18(15)27)9-3-6-17(26)24-13-4-2-5-14(11-13)29-20(21,22)23/h2,4-5,7-8,10-11H,3,6,9H2,1H3,(H,24,26). The molecule has 0 bridgehead atoms. The van der Waals surface area contributed by atoms with E-state index < -0.39 is 29.8 Å². The molecule has 3 amide bonds. The second-order valence-corrected chi connectivity index (χ2v) is 6.54. The minimum absolute atomic E-state index is 0.0171. The van der Waals surface area contributed by atoms with E-state index in [2.05, 4.69) is 10.1 Å². The van der Waals surface area contributed by atoms with E-state index in [1.807, 2.05) is 6.92 Å². The predicted molar refractivity (Wildman–Crippen MR) is 97.5 cm³/mol. The third-order valence-electron chi connectivity index (χ3n) is 4.26. The fourth-order valence-electron chi connectivity index (χ4n) is 3.00. The highest BCUT2D eigenvalue weighted by Gasteiger charge is 2.35. The van der Waals surface area contributed by atoms with Crippen LogP contribution in [-0.4, -0.2) is 35.5 Å². The lowest BCUT2D eigenvalue weighted by molar-refractivity contribution is -0.274. The zero-order valence-corrected chi connectivity index (χ0v) is 15.4. The Morgan fingerprint density at radius 2 is 1.79 bits per heavy atom. The fourth-order valence-corrected chi connectivity index (χ4v) is 3.00. The lowest BCUT2D eigenvalue weighted by atomic mass is 10.1. The Hall–Kier alpha value is -3.36. The highest BCUT2D eigenvalue weighted by Crippen LogP contribution is 2.26. The van der Waals surface area contributed by atoms with Crippen LogP contribution in [0, 0.1) is 6.92 Å². The van der Waals surface area contributed by atoms with Gasteiger partial charge in [-0.05, 0) is 37.6 Å². The third kappa shape index (κ3) is 4.92. The Kier molecular flexibility index (Phi) is 5.58. The van der Waals surface area contributed by atoms with Crippen LogP contribution in [0.3, 0.4) is 0 Å². The average Bonchev–Trinajstić information content (AvgIpc) is 2.85. The fraction of sp³-hybridized carbons (Fsp3) is 0.250. The molecule has 0 aromatic heterocycles. The van der Waals surface area contributed by atoms with E-state index in [4.69, 9.17) is 0 Å². The maximum absolute atomic E-state index is 12.4. The van der Waals surface area contributed by atoms with E-state index in [1.165, 1.54) is 12.1 Å². The van der Waals surface area contributed by atoms with Gasteiger partial charge in [0.05, 0.1) is 11.1 Å². The number of carbonyl (C=O) groups is 3. The van der Waals surface area contributed by atoms with Crippen LogP contribution in [0.2, 0.25) is 0 Å². The van der Waals surface area contributed by atoms with E-state index in [1.54, 1.807) is 18.2 Å². The Morgan fingerprint density at radius 1 is 1.07 bits per heavy atom. The number of alkyl halides is 3. The van der Waals surface area contributed by atoms with E-state index in [0.717, 1.165) is 22.6 Å². The normalized spacial score (nSPS) is 13.4. The van der Waals surface area contributed by atoms with Crippen LogP contribution in [-0.2, 0) is 4.79 Å². The molecule has 1 aliphatic heterocycles. The van der Waals surface area contributed by atoms with Gasteiger partial charge < -0.3 is 10.1 Å². The number of hydrogen-bond donors (Lipinski definition) is 1. The first-order valence-corrected chi connectivity index (χ1v) is 8.76. The Morgan fingerprint density at radius 3 is 2.52 bits per heavy atom. The number of carbonyl (C=O) groups excluding carboxylic acids is 3. The van der Waals surface area contributed by atoms with Crippen molar-refractivity contribution < 1.29 is 32.3 Å². The topological polar surface area (TPSA) is 75.7 Å². The van der Waals surface area contributed by atoms with Crippen molar-refractivity contribution in [1.29, 1.82) is 0 Å². The van der Waals surface area contributed by atoms with Crippen molar-refractivity contribution in [1.82, 2.24) is 4.90 Å². The van der Waals surface area contributed by atoms with Gasteiger partial charge in [-0.3, -0.25) is 19.3 Å². The summed E-state index contributed by atoms with van der Waals surface area (Å²) in [6, 6.07) is 9.92. The third-order valence-corrected chi connectivity index (χ3v) is 4.26. The number of amides is 3. The van der Waals surface area contributed by atoms with Gasteiger partial charge in [-0.2, -0.15) is 0 Å². The van der Waals surface area contributed by atoms with E-state index in [-0.39, 0.29) is 25.1 Å². The first-order valence-electron chi connectivity index (χ1n) is 8.76. The van der Waals surface area contributed by atoms with Gasteiger partial charge in [0.1, 0.15) is 5.75 Å². The molecule has 0 fully saturated rings. The largest absolute Gasteiger partial charge is 0.573 e. The molecule has 2 aromatic rings. The molecular formula is C20H17F3N2O4. The molecule has 1 heterocycles. The summed E-state index contributed by atoms with van der Waals surface area (Å²) in [5.41, 5.74) is 1.70. The molecule has 0 spiro atoms. The van der Waals surface area contributed by atoms with Gasteiger partial charge in [0.25, 0.3) is 11.8 Å². The molecular weight excluding hydrogens is 389 g/mol. The molecule has 29 heavy (non-hydrogen) atoms. The number of nitrogens with zero attached hydrogens (tertiary/aromatic N) is 1. The van der Waals surface area contributed by atoms with Gasteiger partial charge in [0.2, 0.25) is 5.91 Å². The Bertz CT molecular complexity index is 972. The molecule has 1 N–H and O–H groups in total. The number of fused-ring (bicyclic) bond motifs is 1. The van der Waals surface area contributed by atoms with Crippen LogP contribution in [0.15, 0.2) is 42.5 Å². The van der Waals surface area contributed by atoms with Crippen LogP contribution in [0.1, 0.15) is 39.1 Å². The number of anilines is 1. The first-order chi connectivity index (χ1) is 13.6. The Labute approximate surface area is 164 Å². The average molecular weight is 406 g/mol. The molecule has 0 radical (unpaired) electrons. The van der Waals surface area contributed by atoms with Gasteiger partial charge in [-0.15, -0.1) is 13.2 Å². The summed E-state index contributed by atoms with van der Waals surface area (Å²) in [5, 5.41) is 2.47. The van der Waals surface area contributed by atoms with Crippen molar-refractivity contribution >= 4 is 23.4 Å². The number of aryl methyl sites for hydroxylation is 1. The number of benzene rings is 2. The number of hydrogen-bond acceptors (Lipinski definition) is 4. The molecule has 0 atom stereocenters. The second kappa shape index (κ2) is 7.94. The Balaban J connectivity index is 1.53. The molecule has 3 rings (SSSR count). The summed E-state index contributed by atoms with van der Waals surface area (Å²) in [5.74, 6) is -1.70. The summed E-state index contributed by atoms with van der Waals surface area (Å²) < 4.78 is 40.6. The second-order valence-electron chi connectivity index (χ2n) is 6.54. The van der Waals surface area contributed by atoms with Crippen LogP contribution in [0.4, 0.5) is 18.9 Å². The SMILES string of the molecule is Cc1ccc2c(c1)C(=O)N(CCCC(=O)Nc1cccc(OC(F)(F)F)c1)C2=O. The van der Waals surface area contributed by atoms with E-state index in [0.29, 0.717) is 11.1 Å². The maximum atomic E-state index is 12.4. The van der Waals surface area contributed by atoms with Crippen molar-refractivity contribution in [2.45, 2.75) is 26.1 Å². The van der Waals surface area contributed by atoms with Gasteiger partial charge >= 0.3 is 6.36 Å². The highest BCUT2D eigenvalue weighted by atomic mass is 19.4. The van der Waals surface area contributed by atoms with Crippen LogP contribution < -0.4 is 10.1 Å². The van der Waals surface area contributed by atoms with Gasteiger partial charge in [0, 0.05) is 24.7 Å². The van der Waals surface area contributed by atoms with E-state index in [9.17, 15) is 27.6 Å². The lowest BCUT2D eigenvalue weighted by Gasteiger charge is -2.14. The summed E-state index contributed by atoms with van der Waals surface area (Å²) in [6.07, 6.45) is -4.63. The molecule has 0 saturated heterocycles. The minimum Gasteiger partial charge on any atom is -0.406 e. The van der Waals surface area contributed by atoms with Gasteiger partial charge in [-0.25, -0.2) is 0 Å². The summed E-state index contributed by atoms with van der Waals surface area (Å²) in [7, 11) is 0. The number of imide groups is 1. The molecule has 0 unspecified atom stereocenters. The summed E-state index contributed by atoms with van der Waals surface area (Å²) in [6.45, 7) is 1.88. The molecule has 152 valence electrons. The monoisotopic (exact) mass is 406 g/mol. The number of nitrogens with one attached hydrogen (secondary N) is 1. The van der Waals surface area contributed by atoms with Crippen LogP contribution in [0.5, 0.6) is 5.75 Å². The van der Waals surface area contributed by atoms with Gasteiger partial charge in [0.15, 0.2) is 0 Å². The quantitative estimate of drug-likeness (QED) is 0.738. The van der Waals surface area contributed by atoms with Crippen molar-refractivity contribution in [2.24, 2.45) is 0 Å². The molecule has 6 nitrogen and oxygen atoms in total. The van der Waals surface area contributed by atoms with Crippen molar-refractivity contribution in [3.63, 3.8) is 0 Å². The number of ether oxygens (including phenoxy) is 1. The van der Waals surface area contributed by atoms with Crippen molar-refractivity contribution in [2.75, 3.05) is 11.9 Å². The minimum atomic E-state index is -4.83. The number of rotatable bonds is 6.